The Labute approximate surface area is 175 Å². The van der Waals surface area contributed by atoms with E-state index in [-0.39, 0.29) is 18.2 Å². The van der Waals surface area contributed by atoms with Crippen LogP contribution in [-0.2, 0) is 12.7 Å². The second-order valence-electron chi connectivity index (χ2n) is 6.07. The second-order valence-corrected chi connectivity index (χ2v) is 6.91. The van der Waals surface area contributed by atoms with E-state index in [1.54, 1.807) is 36.4 Å². The molecule has 0 heterocycles. The largest absolute Gasteiger partial charge is 0.457 e. The molecule has 0 spiro atoms. The zero-order valence-corrected chi connectivity index (χ0v) is 16.3. The van der Waals surface area contributed by atoms with Crippen molar-refractivity contribution < 1.29 is 22.7 Å². The average Bonchev–Trinajstić information content (AvgIpc) is 2.67. The number of amides is 1. The van der Waals surface area contributed by atoms with Gasteiger partial charge in [0.15, 0.2) is 0 Å². The van der Waals surface area contributed by atoms with Crippen LogP contribution in [0.5, 0.6) is 11.5 Å². The number of halogens is 5. The van der Waals surface area contributed by atoms with E-state index < -0.39 is 11.7 Å². The van der Waals surface area contributed by atoms with Gasteiger partial charge in [0.2, 0.25) is 0 Å². The van der Waals surface area contributed by atoms with Crippen molar-refractivity contribution in [1.82, 2.24) is 5.32 Å². The fraction of sp³-hybridized carbons (Fsp3) is 0.0952. The van der Waals surface area contributed by atoms with Crippen LogP contribution in [0.3, 0.4) is 0 Å². The molecule has 3 aromatic carbocycles. The highest BCUT2D eigenvalue weighted by Gasteiger charge is 2.30. The van der Waals surface area contributed by atoms with Crippen LogP contribution in [-0.4, -0.2) is 5.91 Å². The van der Waals surface area contributed by atoms with Crippen molar-refractivity contribution in [3.05, 3.63) is 93.5 Å². The van der Waals surface area contributed by atoms with E-state index in [0.29, 0.717) is 26.9 Å². The first-order valence-corrected chi connectivity index (χ1v) is 9.15. The van der Waals surface area contributed by atoms with Gasteiger partial charge < -0.3 is 10.1 Å². The molecule has 0 atom stereocenters. The fourth-order valence-corrected chi connectivity index (χ4v) is 2.97. The molecule has 1 amide bonds. The third-order valence-electron chi connectivity index (χ3n) is 3.97. The van der Waals surface area contributed by atoms with Gasteiger partial charge in [0.1, 0.15) is 11.5 Å². The summed E-state index contributed by atoms with van der Waals surface area (Å²) in [6.45, 7) is 0.207. The van der Waals surface area contributed by atoms with Crippen LogP contribution >= 0.6 is 23.2 Å². The molecule has 0 saturated carbocycles. The topological polar surface area (TPSA) is 38.3 Å². The first-order valence-electron chi connectivity index (χ1n) is 8.40. The zero-order chi connectivity index (χ0) is 21.0. The van der Waals surface area contributed by atoms with Gasteiger partial charge in [-0.3, -0.25) is 4.79 Å². The molecule has 0 saturated heterocycles. The lowest BCUT2D eigenvalue weighted by molar-refractivity contribution is -0.137. The summed E-state index contributed by atoms with van der Waals surface area (Å²) in [5.74, 6) is 0.194. The van der Waals surface area contributed by atoms with Gasteiger partial charge in [-0.25, -0.2) is 0 Å². The lowest BCUT2D eigenvalue weighted by Crippen LogP contribution is -2.22. The van der Waals surface area contributed by atoms with Gasteiger partial charge in [-0.1, -0.05) is 35.3 Å². The Bertz CT molecular complexity index is 1020. The predicted octanol–water partition coefficient (Wildman–Crippen LogP) is 6.73. The molecule has 0 fully saturated rings. The Morgan fingerprint density at radius 1 is 0.931 bits per heavy atom. The summed E-state index contributed by atoms with van der Waals surface area (Å²) in [7, 11) is 0. The van der Waals surface area contributed by atoms with E-state index in [2.05, 4.69) is 5.32 Å². The van der Waals surface area contributed by atoms with Crippen LogP contribution < -0.4 is 10.1 Å². The lowest BCUT2D eigenvalue weighted by atomic mass is 10.1. The number of carbonyl (C=O) groups is 1. The normalized spacial score (nSPS) is 11.2. The van der Waals surface area contributed by atoms with E-state index in [4.69, 9.17) is 27.9 Å². The number of carbonyl (C=O) groups excluding carboxylic acids is 1. The number of ether oxygens (including phenoxy) is 1. The van der Waals surface area contributed by atoms with Crippen molar-refractivity contribution in [1.29, 1.82) is 0 Å². The summed E-state index contributed by atoms with van der Waals surface area (Å²) in [6, 6.07) is 15.6. The van der Waals surface area contributed by atoms with Gasteiger partial charge in [-0.15, -0.1) is 0 Å². The Morgan fingerprint density at radius 3 is 2.31 bits per heavy atom. The quantitative estimate of drug-likeness (QED) is 0.478. The summed E-state index contributed by atoms with van der Waals surface area (Å²) in [4.78, 5) is 12.4. The number of hydrogen-bond acceptors (Lipinski definition) is 2. The van der Waals surface area contributed by atoms with E-state index >= 15 is 0 Å². The smallest absolute Gasteiger partial charge is 0.416 e. The predicted molar refractivity (Wildman–Crippen MR) is 106 cm³/mol. The van der Waals surface area contributed by atoms with Crippen LogP contribution in [0.4, 0.5) is 13.2 Å². The van der Waals surface area contributed by atoms with Gasteiger partial charge in [0.25, 0.3) is 5.91 Å². The molecule has 0 aromatic heterocycles. The van der Waals surface area contributed by atoms with Gasteiger partial charge in [-0.05, 0) is 60.2 Å². The molecule has 0 unspecified atom stereocenters. The minimum Gasteiger partial charge on any atom is -0.457 e. The highest BCUT2D eigenvalue weighted by atomic mass is 35.5. The SMILES string of the molecule is O=C(NCc1ccc(Cl)cc1Cl)c1cccc(Oc2ccc(C(F)(F)F)cc2)c1. The van der Waals surface area contributed by atoms with E-state index in [1.807, 2.05) is 0 Å². The average molecular weight is 440 g/mol. The molecule has 1 N–H and O–H groups in total. The maximum atomic E-state index is 12.6. The highest BCUT2D eigenvalue weighted by Crippen LogP contribution is 2.31. The van der Waals surface area contributed by atoms with E-state index in [1.165, 1.54) is 18.2 Å². The summed E-state index contributed by atoms with van der Waals surface area (Å²) in [5, 5.41) is 3.68. The number of hydrogen-bond donors (Lipinski definition) is 1. The molecule has 3 nitrogen and oxygen atoms in total. The van der Waals surface area contributed by atoms with Crippen LogP contribution in [0.1, 0.15) is 21.5 Å². The molecule has 29 heavy (non-hydrogen) atoms. The van der Waals surface area contributed by atoms with Crippen LogP contribution in [0.25, 0.3) is 0 Å². The van der Waals surface area contributed by atoms with Crippen molar-refractivity contribution in [3.63, 3.8) is 0 Å². The molecule has 3 aromatic rings. The number of nitrogens with one attached hydrogen (secondary N) is 1. The maximum Gasteiger partial charge on any atom is 0.416 e. The van der Waals surface area contributed by atoms with Crippen molar-refractivity contribution in [2.45, 2.75) is 12.7 Å². The third kappa shape index (κ3) is 5.65. The molecular formula is C21H14Cl2F3NO2. The summed E-state index contributed by atoms with van der Waals surface area (Å²) in [5.41, 5.74) is 0.278. The number of rotatable bonds is 5. The van der Waals surface area contributed by atoms with Gasteiger partial charge in [-0.2, -0.15) is 13.2 Å². The minimum absolute atomic E-state index is 0.207. The first-order chi connectivity index (χ1) is 13.7. The van der Waals surface area contributed by atoms with Crippen LogP contribution in [0, 0.1) is 0 Å². The Balaban J connectivity index is 1.66. The summed E-state index contributed by atoms with van der Waals surface area (Å²) < 4.78 is 43.4. The number of benzene rings is 3. The van der Waals surface area contributed by atoms with E-state index in [0.717, 1.165) is 12.1 Å². The van der Waals surface area contributed by atoms with Crippen molar-refractivity contribution in [2.24, 2.45) is 0 Å². The lowest BCUT2D eigenvalue weighted by Gasteiger charge is -2.11. The van der Waals surface area contributed by atoms with Gasteiger partial charge in [0, 0.05) is 22.2 Å². The minimum atomic E-state index is -4.41. The van der Waals surface area contributed by atoms with E-state index in [9.17, 15) is 18.0 Å². The Morgan fingerprint density at radius 2 is 1.66 bits per heavy atom. The molecule has 0 aliphatic rings. The zero-order valence-electron chi connectivity index (χ0n) is 14.8. The summed E-state index contributed by atoms with van der Waals surface area (Å²) >= 11 is 11.9. The Hall–Kier alpha value is -2.70. The molecule has 0 radical (unpaired) electrons. The van der Waals surface area contributed by atoms with Crippen LogP contribution in [0.15, 0.2) is 66.7 Å². The van der Waals surface area contributed by atoms with Crippen molar-refractivity contribution >= 4 is 29.1 Å². The standard InChI is InChI=1S/C21H14Cl2F3NO2/c22-16-7-4-14(19(23)11-16)12-27-20(28)13-2-1-3-18(10-13)29-17-8-5-15(6-9-17)21(24,25)26/h1-11H,12H2,(H,27,28). The van der Waals surface area contributed by atoms with Gasteiger partial charge >= 0.3 is 6.18 Å². The maximum absolute atomic E-state index is 12.6. The number of alkyl halides is 3. The highest BCUT2D eigenvalue weighted by molar-refractivity contribution is 6.35. The monoisotopic (exact) mass is 439 g/mol. The molecule has 3 rings (SSSR count). The third-order valence-corrected chi connectivity index (χ3v) is 4.56. The second kappa shape index (κ2) is 8.76. The molecule has 0 aliphatic heterocycles. The fourth-order valence-electron chi connectivity index (χ4n) is 2.49. The van der Waals surface area contributed by atoms with Crippen LogP contribution in [0.2, 0.25) is 10.0 Å². The first kappa shape index (κ1) is 21.0. The molecular weight excluding hydrogens is 426 g/mol. The van der Waals surface area contributed by atoms with Gasteiger partial charge in [0.05, 0.1) is 5.56 Å². The molecule has 0 aliphatic carbocycles. The summed E-state index contributed by atoms with van der Waals surface area (Å²) in [6.07, 6.45) is -4.41. The molecule has 150 valence electrons. The van der Waals surface area contributed by atoms with Crippen molar-refractivity contribution in [3.8, 4) is 11.5 Å². The molecule has 0 bridgehead atoms. The molecule has 8 heteroatoms. The van der Waals surface area contributed by atoms with Crippen molar-refractivity contribution in [2.75, 3.05) is 0 Å². The Kier molecular flexibility index (Phi) is 6.35.